The van der Waals surface area contributed by atoms with E-state index >= 15 is 0 Å². The molecular formula is C7H11NO5. The molecule has 0 bridgehead atoms. The van der Waals surface area contributed by atoms with Gasteiger partial charge in [0.15, 0.2) is 0 Å². The van der Waals surface area contributed by atoms with Crippen molar-refractivity contribution in [1.29, 1.82) is 0 Å². The van der Waals surface area contributed by atoms with Crippen LogP contribution in [-0.2, 0) is 14.3 Å². The van der Waals surface area contributed by atoms with Crippen LogP contribution in [0.4, 0.5) is 4.79 Å². The number of carboxylic acid groups (broad SMARTS) is 1. The zero-order valence-corrected chi connectivity index (χ0v) is 7.15. The molecule has 0 aromatic carbocycles. The number of carbonyl (C=O) groups excluding carboxylic acids is 2. The Kier molecular flexibility index (Phi) is 5.25. The highest BCUT2D eigenvalue weighted by atomic mass is 16.5. The lowest BCUT2D eigenvalue weighted by Crippen LogP contribution is -2.36. The number of carbonyl (C=O) groups is 3. The number of nitrogens with one attached hydrogen (secondary N) is 1. The Labute approximate surface area is 74.9 Å². The second-order valence-electron chi connectivity index (χ2n) is 2.31. The van der Waals surface area contributed by atoms with E-state index in [4.69, 9.17) is 5.11 Å². The van der Waals surface area contributed by atoms with E-state index in [-0.39, 0.29) is 12.8 Å². The number of hydrogen-bond donors (Lipinski definition) is 2. The summed E-state index contributed by atoms with van der Waals surface area (Å²) in [6.45, 7) is 0. The summed E-state index contributed by atoms with van der Waals surface area (Å²) in [7, 11) is 1.16. The van der Waals surface area contributed by atoms with Crippen LogP contribution in [0.3, 0.4) is 0 Å². The monoisotopic (exact) mass is 189 g/mol. The minimum Gasteiger partial charge on any atom is -0.481 e. The maximum Gasteiger partial charge on any atom is 0.407 e. The SMILES string of the molecule is COC(=O)NC(C=O)CCC(=O)O. The first-order valence-electron chi connectivity index (χ1n) is 3.61. The van der Waals surface area contributed by atoms with E-state index in [1.165, 1.54) is 0 Å². The second-order valence-corrected chi connectivity index (χ2v) is 2.31. The number of methoxy groups -OCH3 is 1. The topological polar surface area (TPSA) is 92.7 Å². The molecule has 0 fully saturated rings. The standard InChI is InChI=1S/C7H11NO5/c1-13-7(12)8-5(4-9)2-3-6(10)11/h4-5H,2-3H2,1H3,(H,8,12)(H,10,11). The zero-order chi connectivity index (χ0) is 10.3. The average molecular weight is 189 g/mol. The Morgan fingerprint density at radius 3 is 2.62 bits per heavy atom. The largest absolute Gasteiger partial charge is 0.481 e. The molecule has 0 heterocycles. The molecule has 1 atom stereocenters. The van der Waals surface area contributed by atoms with Gasteiger partial charge in [-0.15, -0.1) is 0 Å². The van der Waals surface area contributed by atoms with Crippen LogP contribution in [0.25, 0.3) is 0 Å². The second kappa shape index (κ2) is 5.99. The highest BCUT2D eigenvalue weighted by molar-refractivity contribution is 5.74. The van der Waals surface area contributed by atoms with Gasteiger partial charge in [0.1, 0.15) is 6.29 Å². The molecule has 0 saturated carbocycles. The van der Waals surface area contributed by atoms with Gasteiger partial charge in [-0.1, -0.05) is 0 Å². The zero-order valence-electron chi connectivity index (χ0n) is 7.15. The molecule has 1 amide bonds. The van der Waals surface area contributed by atoms with Crippen LogP contribution in [0.15, 0.2) is 0 Å². The Balaban J connectivity index is 3.82. The van der Waals surface area contributed by atoms with Crippen molar-refractivity contribution in [3.05, 3.63) is 0 Å². The van der Waals surface area contributed by atoms with E-state index in [0.717, 1.165) is 7.11 Å². The molecule has 74 valence electrons. The normalized spacial score (nSPS) is 11.5. The Hall–Kier alpha value is -1.59. The fourth-order valence-electron chi connectivity index (χ4n) is 0.664. The smallest absolute Gasteiger partial charge is 0.407 e. The highest BCUT2D eigenvalue weighted by Crippen LogP contribution is 1.94. The van der Waals surface area contributed by atoms with Crippen LogP contribution in [0, 0.1) is 0 Å². The molecule has 0 aliphatic heterocycles. The third kappa shape index (κ3) is 5.66. The summed E-state index contributed by atoms with van der Waals surface area (Å²) >= 11 is 0. The fourth-order valence-corrected chi connectivity index (χ4v) is 0.664. The summed E-state index contributed by atoms with van der Waals surface area (Å²) < 4.78 is 4.23. The van der Waals surface area contributed by atoms with E-state index < -0.39 is 18.1 Å². The van der Waals surface area contributed by atoms with Crippen molar-refractivity contribution < 1.29 is 24.2 Å². The molecular weight excluding hydrogens is 178 g/mol. The van der Waals surface area contributed by atoms with Gasteiger partial charge in [0.25, 0.3) is 0 Å². The van der Waals surface area contributed by atoms with E-state index in [1.54, 1.807) is 0 Å². The van der Waals surface area contributed by atoms with E-state index in [0.29, 0.717) is 6.29 Å². The maximum atomic E-state index is 10.6. The van der Waals surface area contributed by atoms with E-state index in [9.17, 15) is 14.4 Å². The van der Waals surface area contributed by atoms with Gasteiger partial charge in [-0.2, -0.15) is 0 Å². The summed E-state index contributed by atoms with van der Waals surface area (Å²) in [6.07, 6.45) is -0.385. The third-order valence-corrected chi connectivity index (χ3v) is 1.32. The first kappa shape index (κ1) is 11.4. The molecule has 2 N–H and O–H groups in total. The van der Waals surface area contributed by atoms with Crippen LogP contribution in [0.5, 0.6) is 0 Å². The van der Waals surface area contributed by atoms with Gasteiger partial charge in [0.05, 0.1) is 13.2 Å². The molecule has 0 spiro atoms. The summed E-state index contributed by atoms with van der Waals surface area (Å²) in [6, 6.07) is -0.802. The Morgan fingerprint density at radius 1 is 1.62 bits per heavy atom. The highest BCUT2D eigenvalue weighted by Gasteiger charge is 2.12. The van der Waals surface area contributed by atoms with Gasteiger partial charge >= 0.3 is 12.1 Å². The molecule has 0 saturated heterocycles. The number of hydrogen-bond acceptors (Lipinski definition) is 4. The first-order valence-corrected chi connectivity index (χ1v) is 3.61. The van der Waals surface area contributed by atoms with Gasteiger partial charge in [-0.25, -0.2) is 4.79 Å². The van der Waals surface area contributed by atoms with Crippen molar-refractivity contribution in [3.63, 3.8) is 0 Å². The van der Waals surface area contributed by atoms with Gasteiger partial charge in [0, 0.05) is 6.42 Å². The predicted molar refractivity (Wildman–Crippen MR) is 42.3 cm³/mol. The lowest BCUT2D eigenvalue weighted by atomic mass is 10.2. The quantitative estimate of drug-likeness (QED) is 0.583. The number of aldehydes is 1. The minimum atomic E-state index is -1.02. The first-order chi connectivity index (χ1) is 6.10. The maximum absolute atomic E-state index is 10.6. The molecule has 0 aromatic rings. The molecule has 1 unspecified atom stereocenters. The summed E-state index contributed by atoms with van der Waals surface area (Å²) in [5.41, 5.74) is 0. The number of alkyl carbamates (subject to hydrolysis) is 1. The summed E-state index contributed by atoms with van der Waals surface area (Å²) in [5.74, 6) is -1.02. The van der Waals surface area contributed by atoms with Gasteiger partial charge in [-0.3, -0.25) is 4.79 Å². The van der Waals surface area contributed by atoms with E-state index in [1.807, 2.05) is 0 Å². The van der Waals surface area contributed by atoms with Crippen LogP contribution < -0.4 is 5.32 Å². The van der Waals surface area contributed by atoms with Crippen molar-refractivity contribution in [3.8, 4) is 0 Å². The molecule has 13 heavy (non-hydrogen) atoms. The number of rotatable bonds is 5. The molecule has 0 aromatic heterocycles. The number of carboxylic acids is 1. The van der Waals surface area contributed by atoms with Crippen molar-refractivity contribution in [2.45, 2.75) is 18.9 Å². The van der Waals surface area contributed by atoms with Crippen LogP contribution in [-0.4, -0.2) is 36.6 Å². The Bertz CT molecular complexity index is 203. The van der Waals surface area contributed by atoms with Crippen molar-refractivity contribution in [1.82, 2.24) is 5.32 Å². The molecule has 0 radical (unpaired) electrons. The fraction of sp³-hybridized carbons (Fsp3) is 0.571. The van der Waals surface area contributed by atoms with Crippen molar-refractivity contribution in [2.75, 3.05) is 7.11 Å². The Morgan fingerprint density at radius 2 is 2.23 bits per heavy atom. The lowest BCUT2D eigenvalue weighted by Gasteiger charge is -2.09. The van der Waals surface area contributed by atoms with Crippen molar-refractivity contribution in [2.24, 2.45) is 0 Å². The molecule has 0 aliphatic carbocycles. The number of aliphatic carboxylic acids is 1. The minimum absolute atomic E-state index is 0.0634. The molecule has 6 nitrogen and oxygen atoms in total. The van der Waals surface area contributed by atoms with Crippen LogP contribution >= 0.6 is 0 Å². The summed E-state index contributed by atoms with van der Waals surface area (Å²) in [4.78, 5) is 31.0. The van der Waals surface area contributed by atoms with Gasteiger partial charge in [0.2, 0.25) is 0 Å². The lowest BCUT2D eigenvalue weighted by molar-refractivity contribution is -0.137. The number of amides is 1. The molecule has 6 heteroatoms. The predicted octanol–water partition coefficient (Wildman–Crippen LogP) is -0.225. The van der Waals surface area contributed by atoms with E-state index in [2.05, 4.69) is 10.1 Å². The average Bonchev–Trinajstić information content (AvgIpc) is 2.11. The van der Waals surface area contributed by atoms with Crippen LogP contribution in [0.2, 0.25) is 0 Å². The van der Waals surface area contributed by atoms with Crippen LogP contribution in [0.1, 0.15) is 12.8 Å². The van der Waals surface area contributed by atoms with Gasteiger partial charge in [-0.05, 0) is 6.42 Å². The van der Waals surface area contributed by atoms with Crippen molar-refractivity contribution >= 4 is 18.3 Å². The number of ether oxygens (including phenoxy) is 1. The molecule has 0 rings (SSSR count). The van der Waals surface area contributed by atoms with Gasteiger partial charge < -0.3 is 20.0 Å². The summed E-state index contributed by atoms with van der Waals surface area (Å²) in [5, 5.41) is 10.5. The third-order valence-electron chi connectivity index (χ3n) is 1.32. The molecule has 0 aliphatic rings.